The number of hydrogen-bond acceptors (Lipinski definition) is 4. The number of hydrogen-bond donors (Lipinski definition) is 2. The number of aromatic nitrogens is 3. The minimum absolute atomic E-state index is 0.206. The number of benzene rings is 1. The monoisotopic (exact) mass is 315 g/mol. The fourth-order valence-electron chi connectivity index (χ4n) is 2.40. The molecule has 0 aliphatic rings. The number of carbonyl (C=O) groups excluding carboxylic acids is 1. The molecule has 1 aromatic carbocycles. The van der Waals surface area contributed by atoms with Crippen LogP contribution in [-0.2, 0) is 0 Å². The van der Waals surface area contributed by atoms with Crippen molar-refractivity contribution in [1.82, 2.24) is 25.4 Å². The molecule has 0 radical (unpaired) electrons. The van der Waals surface area contributed by atoms with Gasteiger partial charge in [-0.3, -0.25) is 4.79 Å². The van der Waals surface area contributed by atoms with Gasteiger partial charge in [0.25, 0.3) is 5.91 Å². The topological polar surface area (TPSA) is 71.8 Å². The average molecular weight is 315 g/mol. The highest BCUT2D eigenvalue weighted by atomic mass is 16.2. The molecule has 0 aliphatic carbocycles. The van der Waals surface area contributed by atoms with Crippen LogP contribution in [0.1, 0.15) is 48.7 Å². The molecule has 0 saturated heterocycles. The summed E-state index contributed by atoms with van der Waals surface area (Å²) in [5.74, 6) is 1.03. The Hall–Kier alpha value is -2.21. The lowest BCUT2D eigenvalue weighted by molar-refractivity contribution is 0.0943. The van der Waals surface area contributed by atoms with Gasteiger partial charge in [0, 0.05) is 13.1 Å². The second-order valence-electron chi connectivity index (χ2n) is 5.72. The molecule has 23 heavy (non-hydrogen) atoms. The predicted octanol–water partition coefficient (Wildman–Crippen LogP) is 2.04. The lowest BCUT2D eigenvalue weighted by Crippen LogP contribution is -2.32. The Morgan fingerprint density at radius 1 is 1.26 bits per heavy atom. The molecule has 124 valence electrons. The van der Waals surface area contributed by atoms with Crippen molar-refractivity contribution in [2.24, 2.45) is 0 Å². The van der Waals surface area contributed by atoms with E-state index in [-0.39, 0.29) is 11.7 Å². The summed E-state index contributed by atoms with van der Waals surface area (Å²) in [5.41, 5.74) is 2.15. The van der Waals surface area contributed by atoms with Gasteiger partial charge in [0.1, 0.15) is 5.82 Å². The van der Waals surface area contributed by atoms with E-state index in [0.29, 0.717) is 18.3 Å². The first-order chi connectivity index (χ1) is 11.0. The van der Waals surface area contributed by atoms with Crippen molar-refractivity contribution in [3.05, 3.63) is 41.5 Å². The summed E-state index contributed by atoms with van der Waals surface area (Å²) in [6.45, 7) is 10.3. The molecule has 0 atom stereocenters. The molecule has 2 N–H and O–H groups in total. The summed E-state index contributed by atoms with van der Waals surface area (Å²) in [6.07, 6.45) is 0. The Morgan fingerprint density at radius 2 is 2.00 bits per heavy atom. The highest BCUT2D eigenvalue weighted by Crippen LogP contribution is 2.23. The molecule has 0 saturated carbocycles. The maximum Gasteiger partial charge on any atom is 0.291 e. The Balaban J connectivity index is 2.20. The third kappa shape index (κ3) is 4.16. The lowest BCUT2D eigenvalue weighted by atomic mass is 10.0. The van der Waals surface area contributed by atoms with Crippen LogP contribution >= 0.6 is 0 Å². The molecular formula is C17H25N5O. The maximum atomic E-state index is 12.1. The summed E-state index contributed by atoms with van der Waals surface area (Å²) in [7, 11) is 0. The Morgan fingerprint density at radius 3 is 2.70 bits per heavy atom. The van der Waals surface area contributed by atoms with Crippen LogP contribution in [0.2, 0.25) is 0 Å². The molecule has 0 aliphatic heterocycles. The molecule has 1 amide bonds. The highest BCUT2D eigenvalue weighted by Gasteiger charge is 2.17. The normalized spacial score (nSPS) is 11.0. The quantitative estimate of drug-likeness (QED) is 0.767. The van der Waals surface area contributed by atoms with Crippen molar-refractivity contribution in [2.45, 2.75) is 33.6 Å². The number of para-hydroxylation sites is 1. The van der Waals surface area contributed by atoms with E-state index in [4.69, 9.17) is 0 Å². The first-order valence-electron chi connectivity index (χ1n) is 8.06. The van der Waals surface area contributed by atoms with E-state index < -0.39 is 0 Å². The Kier molecular flexibility index (Phi) is 5.87. The molecule has 0 spiro atoms. The van der Waals surface area contributed by atoms with Gasteiger partial charge < -0.3 is 10.6 Å². The number of nitrogens with one attached hydrogen (secondary N) is 2. The number of nitrogens with zero attached hydrogens (tertiary/aromatic N) is 3. The van der Waals surface area contributed by atoms with Crippen molar-refractivity contribution in [3.8, 4) is 5.69 Å². The van der Waals surface area contributed by atoms with Crippen LogP contribution in [-0.4, -0.2) is 40.3 Å². The SMILES string of the molecule is CCNCCNC(=O)c1nc(C)n(-c2ccccc2C(C)C)n1. The van der Waals surface area contributed by atoms with Crippen molar-refractivity contribution < 1.29 is 4.79 Å². The van der Waals surface area contributed by atoms with Crippen LogP contribution in [0.3, 0.4) is 0 Å². The van der Waals surface area contributed by atoms with Gasteiger partial charge in [-0.2, -0.15) is 0 Å². The van der Waals surface area contributed by atoms with Gasteiger partial charge in [0.05, 0.1) is 5.69 Å². The summed E-state index contributed by atoms with van der Waals surface area (Å²) < 4.78 is 1.74. The number of likely N-dealkylation sites (N-methyl/N-ethyl adjacent to an activating group) is 1. The van der Waals surface area contributed by atoms with Gasteiger partial charge in [0.2, 0.25) is 5.82 Å². The van der Waals surface area contributed by atoms with Crippen molar-refractivity contribution in [3.63, 3.8) is 0 Å². The second kappa shape index (κ2) is 7.87. The number of aryl methyl sites for hydroxylation is 1. The average Bonchev–Trinajstić information content (AvgIpc) is 2.93. The molecule has 6 nitrogen and oxygen atoms in total. The molecule has 0 fully saturated rings. The highest BCUT2D eigenvalue weighted by molar-refractivity contribution is 5.90. The van der Waals surface area contributed by atoms with E-state index in [2.05, 4.69) is 40.6 Å². The Labute approximate surface area is 137 Å². The van der Waals surface area contributed by atoms with Gasteiger partial charge >= 0.3 is 0 Å². The van der Waals surface area contributed by atoms with Crippen molar-refractivity contribution in [2.75, 3.05) is 19.6 Å². The molecule has 2 aromatic rings. The first kappa shape index (κ1) is 17.1. The molecule has 1 aromatic heterocycles. The zero-order chi connectivity index (χ0) is 16.8. The fraction of sp³-hybridized carbons (Fsp3) is 0.471. The summed E-state index contributed by atoms with van der Waals surface area (Å²) in [4.78, 5) is 16.5. The molecule has 0 bridgehead atoms. The maximum absolute atomic E-state index is 12.1. The van der Waals surface area contributed by atoms with Gasteiger partial charge in [-0.05, 0) is 31.0 Å². The van der Waals surface area contributed by atoms with Gasteiger partial charge in [-0.15, -0.1) is 5.10 Å². The zero-order valence-corrected chi connectivity index (χ0v) is 14.3. The minimum Gasteiger partial charge on any atom is -0.348 e. The second-order valence-corrected chi connectivity index (χ2v) is 5.72. The van der Waals surface area contributed by atoms with E-state index >= 15 is 0 Å². The third-order valence-electron chi connectivity index (χ3n) is 3.60. The van der Waals surface area contributed by atoms with E-state index in [1.807, 2.05) is 32.0 Å². The standard InChI is InChI=1S/C17H25N5O/c1-5-18-10-11-19-17(23)16-20-13(4)22(21-16)15-9-7-6-8-14(15)12(2)3/h6-9,12,18H,5,10-11H2,1-4H3,(H,19,23). The molecule has 6 heteroatoms. The minimum atomic E-state index is -0.244. The summed E-state index contributed by atoms with van der Waals surface area (Å²) in [6, 6.07) is 8.07. The Bertz CT molecular complexity index is 663. The van der Waals surface area contributed by atoms with Crippen LogP contribution in [0.5, 0.6) is 0 Å². The van der Waals surface area contributed by atoms with E-state index in [9.17, 15) is 4.79 Å². The molecular weight excluding hydrogens is 290 g/mol. The van der Waals surface area contributed by atoms with Crippen molar-refractivity contribution >= 4 is 5.91 Å². The van der Waals surface area contributed by atoms with Gasteiger partial charge in [0.15, 0.2) is 0 Å². The first-order valence-corrected chi connectivity index (χ1v) is 8.06. The lowest BCUT2D eigenvalue weighted by Gasteiger charge is -2.12. The van der Waals surface area contributed by atoms with Crippen molar-refractivity contribution in [1.29, 1.82) is 0 Å². The molecule has 2 rings (SSSR count). The summed E-state index contributed by atoms with van der Waals surface area (Å²) >= 11 is 0. The van der Waals surface area contributed by atoms with Crippen LogP contribution in [0.4, 0.5) is 0 Å². The van der Waals surface area contributed by atoms with Crippen LogP contribution in [0.15, 0.2) is 24.3 Å². The largest absolute Gasteiger partial charge is 0.348 e. The predicted molar refractivity (Wildman–Crippen MR) is 91.1 cm³/mol. The smallest absolute Gasteiger partial charge is 0.291 e. The van der Waals surface area contributed by atoms with E-state index in [1.54, 1.807) is 4.68 Å². The third-order valence-corrected chi connectivity index (χ3v) is 3.60. The van der Waals surface area contributed by atoms with Gasteiger partial charge in [-0.1, -0.05) is 39.0 Å². The number of amides is 1. The number of rotatable bonds is 7. The zero-order valence-electron chi connectivity index (χ0n) is 14.3. The van der Waals surface area contributed by atoms with E-state index in [0.717, 1.165) is 18.8 Å². The fourth-order valence-corrected chi connectivity index (χ4v) is 2.40. The molecule has 1 heterocycles. The van der Waals surface area contributed by atoms with Gasteiger partial charge in [-0.25, -0.2) is 9.67 Å². The van der Waals surface area contributed by atoms with Crippen LogP contribution < -0.4 is 10.6 Å². The molecule has 0 unspecified atom stereocenters. The van der Waals surface area contributed by atoms with Crippen LogP contribution in [0, 0.1) is 6.92 Å². The number of carbonyl (C=O) groups is 1. The summed E-state index contributed by atoms with van der Waals surface area (Å²) in [5, 5.41) is 10.4. The van der Waals surface area contributed by atoms with E-state index in [1.165, 1.54) is 5.56 Å². The van der Waals surface area contributed by atoms with Crippen LogP contribution in [0.25, 0.3) is 5.69 Å².